The van der Waals surface area contributed by atoms with E-state index in [-0.39, 0.29) is 0 Å². The summed E-state index contributed by atoms with van der Waals surface area (Å²) < 4.78 is 9.00. The summed E-state index contributed by atoms with van der Waals surface area (Å²) in [4.78, 5) is 10.8. The zero-order chi connectivity index (χ0) is 16.6. The Hall–Kier alpha value is -3.02. The van der Waals surface area contributed by atoms with Crippen LogP contribution in [0, 0.1) is 6.92 Å². The van der Waals surface area contributed by atoms with E-state index in [1.54, 1.807) is 17.9 Å². The van der Waals surface area contributed by atoms with Gasteiger partial charge >= 0.3 is 5.97 Å². The minimum absolute atomic E-state index is 0.773. The number of carboxylic acids is 1. The minimum atomic E-state index is -0.985. The van der Waals surface area contributed by atoms with E-state index in [9.17, 15) is 4.79 Å². The molecular weight excluding hydrogens is 294 g/mol. The third-order valence-electron chi connectivity index (χ3n) is 3.76. The van der Waals surface area contributed by atoms with Gasteiger partial charge in [0.05, 0.1) is 18.3 Å². The third-order valence-corrected chi connectivity index (χ3v) is 3.76. The second kappa shape index (κ2) is 5.64. The number of rotatable bonds is 4. The van der Waals surface area contributed by atoms with E-state index in [1.165, 1.54) is 0 Å². The van der Waals surface area contributed by atoms with Crippen molar-refractivity contribution in [3.05, 3.63) is 47.8 Å². The van der Waals surface area contributed by atoms with Crippen LogP contribution < -0.4 is 4.74 Å². The van der Waals surface area contributed by atoms with Gasteiger partial charge in [-0.25, -0.2) is 4.79 Å². The zero-order valence-corrected chi connectivity index (χ0v) is 13.1. The number of methoxy groups -OCH3 is 1. The number of fused-ring (bicyclic) bond motifs is 1. The quantitative estimate of drug-likeness (QED) is 0.752. The molecule has 0 atom stereocenters. The number of ether oxygens (including phenoxy) is 1. The van der Waals surface area contributed by atoms with Crippen LogP contribution in [0.4, 0.5) is 0 Å². The average Bonchev–Trinajstić information content (AvgIpc) is 3.04. The fourth-order valence-corrected chi connectivity index (χ4v) is 2.73. The Bertz CT molecular complexity index is 919. The summed E-state index contributed by atoms with van der Waals surface area (Å²) >= 11 is 0. The number of benzene rings is 1. The summed E-state index contributed by atoms with van der Waals surface area (Å²) in [6, 6.07) is 7.82. The first kappa shape index (κ1) is 14.9. The van der Waals surface area contributed by atoms with Crippen LogP contribution in [-0.4, -0.2) is 32.5 Å². The second-order valence-electron chi connectivity index (χ2n) is 5.23. The topological polar surface area (TPSA) is 69.3 Å². The van der Waals surface area contributed by atoms with Crippen LogP contribution in [0.25, 0.3) is 22.8 Å². The lowest BCUT2D eigenvalue weighted by molar-refractivity contribution is -0.131. The van der Waals surface area contributed by atoms with E-state index in [2.05, 4.69) is 5.10 Å². The summed E-state index contributed by atoms with van der Waals surface area (Å²) in [6.45, 7) is 1.86. The van der Waals surface area contributed by atoms with E-state index >= 15 is 0 Å². The molecule has 0 aliphatic heterocycles. The molecule has 2 aromatic heterocycles. The molecule has 0 radical (unpaired) electrons. The molecule has 0 spiro atoms. The first-order chi connectivity index (χ1) is 11.0. The molecule has 0 bridgehead atoms. The van der Waals surface area contributed by atoms with Gasteiger partial charge in [-0.1, -0.05) is 0 Å². The molecule has 23 heavy (non-hydrogen) atoms. The van der Waals surface area contributed by atoms with Gasteiger partial charge < -0.3 is 14.4 Å². The standard InChI is InChI=1S/C17H17N3O3/c1-11-14(5-7-16(21)22)17(19(2)18-11)20-9-8-12-10-13(23-3)4-6-15(12)20/h4-10H,1-3H3,(H,21,22). The minimum Gasteiger partial charge on any atom is -0.497 e. The van der Waals surface area contributed by atoms with Crippen LogP contribution in [-0.2, 0) is 11.8 Å². The number of aromatic nitrogens is 3. The summed E-state index contributed by atoms with van der Waals surface area (Å²) in [5.74, 6) is 0.629. The molecule has 0 amide bonds. The molecule has 6 heteroatoms. The highest BCUT2D eigenvalue weighted by molar-refractivity contribution is 5.87. The maximum Gasteiger partial charge on any atom is 0.328 e. The SMILES string of the molecule is COc1ccc2c(ccn2-c2c(C=CC(=O)O)c(C)nn2C)c1. The molecule has 3 aromatic rings. The summed E-state index contributed by atoms with van der Waals surface area (Å²) in [6.07, 6.45) is 4.65. The maximum absolute atomic E-state index is 10.8. The van der Waals surface area contributed by atoms with Crippen LogP contribution in [0.2, 0.25) is 0 Å². The predicted molar refractivity (Wildman–Crippen MR) is 88.0 cm³/mol. The second-order valence-corrected chi connectivity index (χ2v) is 5.23. The van der Waals surface area contributed by atoms with Crippen LogP contribution >= 0.6 is 0 Å². The predicted octanol–water partition coefficient (Wildman–Crippen LogP) is 2.78. The van der Waals surface area contributed by atoms with E-state index in [0.717, 1.165) is 39.8 Å². The van der Waals surface area contributed by atoms with Crippen LogP contribution in [0.3, 0.4) is 0 Å². The summed E-state index contributed by atoms with van der Waals surface area (Å²) in [5.41, 5.74) is 2.55. The van der Waals surface area contributed by atoms with Crippen molar-refractivity contribution in [2.75, 3.05) is 7.11 Å². The summed E-state index contributed by atoms with van der Waals surface area (Å²) in [7, 11) is 3.48. The largest absolute Gasteiger partial charge is 0.497 e. The molecule has 0 saturated carbocycles. The highest BCUT2D eigenvalue weighted by Crippen LogP contribution is 2.27. The van der Waals surface area contributed by atoms with Gasteiger partial charge in [0.25, 0.3) is 0 Å². The lowest BCUT2D eigenvalue weighted by atomic mass is 10.2. The molecule has 118 valence electrons. The fraction of sp³-hybridized carbons (Fsp3) is 0.176. The molecule has 0 saturated heterocycles. The van der Waals surface area contributed by atoms with E-state index < -0.39 is 5.97 Å². The lowest BCUT2D eigenvalue weighted by Crippen LogP contribution is -2.03. The highest BCUT2D eigenvalue weighted by atomic mass is 16.5. The smallest absolute Gasteiger partial charge is 0.328 e. The Balaban J connectivity index is 2.21. The zero-order valence-electron chi connectivity index (χ0n) is 13.1. The molecule has 1 aromatic carbocycles. The van der Waals surface area contributed by atoms with Gasteiger partial charge in [-0.3, -0.25) is 4.68 Å². The average molecular weight is 311 g/mol. The molecule has 0 aliphatic rings. The van der Waals surface area contributed by atoms with Crippen molar-refractivity contribution in [1.29, 1.82) is 0 Å². The first-order valence-corrected chi connectivity index (χ1v) is 7.11. The number of hydrogen-bond acceptors (Lipinski definition) is 3. The molecule has 1 N–H and O–H groups in total. The van der Waals surface area contributed by atoms with Gasteiger partial charge in [0, 0.05) is 30.3 Å². The van der Waals surface area contributed by atoms with Crippen molar-refractivity contribution in [3.8, 4) is 11.6 Å². The highest BCUT2D eigenvalue weighted by Gasteiger charge is 2.15. The maximum atomic E-state index is 10.8. The van der Waals surface area contributed by atoms with Gasteiger partial charge in [0.15, 0.2) is 0 Å². The number of carboxylic acid groups (broad SMARTS) is 1. The molecular formula is C17H17N3O3. The number of aliphatic carboxylic acids is 1. The van der Waals surface area contributed by atoms with Gasteiger partial charge in [-0.15, -0.1) is 0 Å². The van der Waals surface area contributed by atoms with Crippen molar-refractivity contribution in [3.63, 3.8) is 0 Å². The monoisotopic (exact) mass is 311 g/mol. The third kappa shape index (κ3) is 2.59. The Kier molecular flexibility index (Phi) is 3.65. The fourth-order valence-electron chi connectivity index (χ4n) is 2.73. The molecule has 3 rings (SSSR count). The molecule has 0 unspecified atom stereocenters. The van der Waals surface area contributed by atoms with E-state index in [0.29, 0.717) is 0 Å². The van der Waals surface area contributed by atoms with Crippen LogP contribution in [0.15, 0.2) is 36.5 Å². The van der Waals surface area contributed by atoms with Gasteiger partial charge in [-0.05, 0) is 37.3 Å². The van der Waals surface area contributed by atoms with Crippen LogP contribution in [0.1, 0.15) is 11.3 Å². The Labute approximate surface area is 133 Å². The van der Waals surface area contributed by atoms with E-state index in [4.69, 9.17) is 9.84 Å². The number of nitrogens with zero attached hydrogens (tertiary/aromatic N) is 3. The molecule has 0 fully saturated rings. The van der Waals surface area contributed by atoms with Gasteiger partial charge in [-0.2, -0.15) is 5.10 Å². The molecule has 2 heterocycles. The van der Waals surface area contributed by atoms with E-state index in [1.807, 2.05) is 49.0 Å². The van der Waals surface area contributed by atoms with Crippen molar-refractivity contribution in [2.24, 2.45) is 7.05 Å². The Morgan fingerprint density at radius 1 is 1.35 bits per heavy atom. The lowest BCUT2D eigenvalue weighted by Gasteiger charge is -2.08. The van der Waals surface area contributed by atoms with Crippen molar-refractivity contribution < 1.29 is 14.6 Å². The molecule has 6 nitrogen and oxygen atoms in total. The number of carbonyl (C=O) groups is 1. The van der Waals surface area contributed by atoms with Gasteiger partial charge in [0.2, 0.25) is 0 Å². The van der Waals surface area contributed by atoms with Gasteiger partial charge in [0.1, 0.15) is 11.6 Å². The van der Waals surface area contributed by atoms with Crippen molar-refractivity contribution in [1.82, 2.24) is 14.3 Å². The normalized spacial score (nSPS) is 11.4. The molecule has 0 aliphatic carbocycles. The van der Waals surface area contributed by atoms with Crippen molar-refractivity contribution in [2.45, 2.75) is 6.92 Å². The first-order valence-electron chi connectivity index (χ1n) is 7.11. The number of hydrogen-bond donors (Lipinski definition) is 1. The van der Waals surface area contributed by atoms with Crippen molar-refractivity contribution >= 4 is 22.9 Å². The Morgan fingerprint density at radius 2 is 2.13 bits per heavy atom. The Morgan fingerprint density at radius 3 is 2.83 bits per heavy atom. The summed E-state index contributed by atoms with van der Waals surface area (Å²) in [5, 5.41) is 14.3. The number of aryl methyl sites for hydroxylation is 2. The van der Waals surface area contributed by atoms with Crippen LogP contribution in [0.5, 0.6) is 5.75 Å².